The maximum atomic E-state index is 11.9. The van der Waals surface area contributed by atoms with Crippen molar-refractivity contribution in [2.75, 3.05) is 6.54 Å². The van der Waals surface area contributed by atoms with Crippen molar-refractivity contribution in [1.82, 2.24) is 5.32 Å². The number of ether oxygens (including phenoxy) is 1. The molecule has 0 aliphatic rings. The van der Waals surface area contributed by atoms with Crippen LogP contribution in [-0.2, 0) is 20.9 Å². The highest BCUT2D eigenvalue weighted by atomic mass is 16.5. The average Bonchev–Trinajstić information content (AvgIpc) is 2.71. The summed E-state index contributed by atoms with van der Waals surface area (Å²) < 4.78 is 5.11. The van der Waals surface area contributed by atoms with Crippen molar-refractivity contribution >= 4 is 17.7 Å². The molecule has 2 aromatic rings. The number of hydrogen-bond acceptors (Lipinski definition) is 5. The van der Waals surface area contributed by atoms with Gasteiger partial charge in [-0.25, -0.2) is 0 Å². The fourth-order valence-corrected chi connectivity index (χ4v) is 2.30. The maximum absolute atomic E-state index is 11.9. The average molecular weight is 364 g/mol. The summed E-state index contributed by atoms with van der Waals surface area (Å²) in [7, 11) is 0. The van der Waals surface area contributed by atoms with Crippen molar-refractivity contribution in [3.05, 3.63) is 71.3 Å². The number of benzene rings is 2. The summed E-state index contributed by atoms with van der Waals surface area (Å²) in [5.41, 5.74) is 1.90. The molecule has 27 heavy (non-hydrogen) atoms. The van der Waals surface area contributed by atoms with Gasteiger partial charge in [0.05, 0.1) is 18.1 Å². The second-order valence-corrected chi connectivity index (χ2v) is 5.86. The van der Waals surface area contributed by atoms with Gasteiger partial charge in [0.2, 0.25) is 5.91 Å². The van der Waals surface area contributed by atoms with E-state index in [2.05, 4.69) is 5.32 Å². The van der Waals surface area contributed by atoms with Crippen LogP contribution in [0.2, 0.25) is 0 Å². The lowest BCUT2D eigenvalue weighted by Crippen LogP contribution is -2.26. The van der Waals surface area contributed by atoms with Crippen molar-refractivity contribution in [1.29, 1.82) is 5.26 Å². The number of hydrogen-bond donors (Lipinski definition) is 1. The molecule has 1 N–H and O–H groups in total. The molecule has 0 unspecified atom stereocenters. The third-order valence-corrected chi connectivity index (χ3v) is 3.81. The summed E-state index contributed by atoms with van der Waals surface area (Å²) in [5.74, 6) is -0.799. The number of ketones is 1. The van der Waals surface area contributed by atoms with Crippen molar-refractivity contribution in [3.63, 3.8) is 0 Å². The van der Waals surface area contributed by atoms with Crippen LogP contribution in [-0.4, -0.2) is 24.2 Å². The Bertz CT molecular complexity index is 824. The second-order valence-electron chi connectivity index (χ2n) is 5.86. The molecule has 0 bridgehead atoms. The van der Waals surface area contributed by atoms with Gasteiger partial charge in [0.25, 0.3) is 0 Å². The molecule has 0 saturated heterocycles. The van der Waals surface area contributed by atoms with Gasteiger partial charge < -0.3 is 10.1 Å². The molecule has 2 aromatic carbocycles. The molecule has 2 rings (SSSR count). The molecule has 0 aliphatic carbocycles. The minimum atomic E-state index is -0.431. The summed E-state index contributed by atoms with van der Waals surface area (Å²) in [5, 5.41) is 11.3. The van der Waals surface area contributed by atoms with E-state index in [-0.39, 0.29) is 44.1 Å². The predicted molar refractivity (Wildman–Crippen MR) is 98.6 cm³/mol. The van der Waals surface area contributed by atoms with E-state index < -0.39 is 5.97 Å². The van der Waals surface area contributed by atoms with Crippen LogP contribution < -0.4 is 5.32 Å². The summed E-state index contributed by atoms with van der Waals surface area (Å²) >= 11 is 0. The van der Waals surface area contributed by atoms with Crippen molar-refractivity contribution < 1.29 is 19.1 Å². The molecule has 0 radical (unpaired) electrons. The zero-order chi connectivity index (χ0) is 19.5. The van der Waals surface area contributed by atoms with Gasteiger partial charge in [-0.2, -0.15) is 5.26 Å². The fraction of sp³-hybridized carbons (Fsp3) is 0.238. The molecule has 0 atom stereocenters. The molecule has 0 saturated carbocycles. The van der Waals surface area contributed by atoms with Gasteiger partial charge in [-0.1, -0.05) is 42.5 Å². The topological polar surface area (TPSA) is 96.3 Å². The Morgan fingerprint density at radius 3 is 2.30 bits per heavy atom. The summed E-state index contributed by atoms with van der Waals surface area (Å²) in [6.45, 7) is 0.272. The van der Waals surface area contributed by atoms with E-state index in [1.165, 1.54) is 0 Å². The Hall–Kier alpha value is -3.46. The highest BCUT2D eigenvalue weighted by Gasteiger charge is 2.10. The van der Waals surface area contributed by atoms with Gasteiger partial charge in [0.1, 0.15) is 6.61 Å². The first kappa shape index (κ1) is 19.9. The lowest BCUT2D eigenvalue weighted by Gasteiger charge is -2.07. The number of nitrogens with one attached hydrogen (secondary N) is 1. The number of Topliss-reactive ketones (excluding diaryl/α,β-unsaturated/α-hetero) is 1. The molecular weight excluding hydrogens is 344 g/mol. The Morgan fingerprint density at radius 2 is 1.63 bits per heavy atom. The van der Waals surface area contributed by atoms with E-state index in [1.54, 1.807) is 48.5 Å². The SMILES string of the molecule is N#Cc1ccc(COC(=O)CCNC(=O)CCC(=O)c2ccccc2)cc1. The Morgan fingerprint density at radius 1 is 0.926 bits per heavy atom. The first-order valence-electron chi connectivity index (χ1n) is 8.58. The highest BCUT2D eigenvalue weighted by molar-refractivity contribution is 5.97. The van der Waals surface area contributed by atoms with Crippen LogP contribution in [0.3, 0.4) is 0 Å². The molecule has 6 nitrogen and oxygen atoms in total. The van der Waals surface area contributed by atoms with Crippen LogP contribution in [0.5, 0.6) is 0 Å². The van der Waals surface area contributed by atoms with Crippen molar-refractivity contribution in [2.45, 2.75) is 25.9 Å². The molecule has 0 aromatic heterocycles. The van der Waals surface area contributed by atoms with Crippen LogP contribution in [0.1, 0.15) is 40.7 Å². The quantitative estimate of drug-likeness (QED) is 0.545. The number of rotatable bonds is 9. The Kier molecular flexibility index (Phi) is 7.73. The summed E-state index contributed by atoms with van der Waals surface area (Å²) in [4.78, 5) is 35.4. The minimum Gasteiger partial charge on any atom is -0.461 e. The van der Waals surface area contributed by atoms with Gasteiger partial charge >= 0.3 is 5.97 Å². The molecule has 6 heteroatoms. The second kappa shape index (κ2) is 10.5. The molecular formula is C21H20N2O4. The number of nitrogens with zero attached hydrogens (tertiary/aromatic N) is 1. The van der Waals surface area contributed by atoms with Crippen LogP contribution >= 0.6 is 0 Å². The van der Waals surface area contributed by atoms with Crippen LogP contribution in [0.15, 0.2) is 54.6 Å². The van der Waals surface area contributed by atoms with E-state index in [4.69, 9.17) is 10.00 Å². The summed E-state index contributed by atoms with van der Waals surface area (Å²) in [6.07, 6.45) is 0.252. The third-order valence-electron chi connectivity index (χ3n) is 3.81. The smallest absolute Gasteiger partial charge is 0.307 e. The predicted octanol–water partition coefficient (Wildman–Crippen LogP) is 2.77. The van der Waals surface area contributed by atoms with Gasteiger partial charge in [-0.05, 0) is 17.7 Å². The number of carbonyl (C=O) groups excluding carboxylic acids is 3. The van der Waals surface area contributed by atoms with Gasteiger partial charge in [-0.3, -0.25) is 14.4 Å². The molecule has 0 spiro atoms. The van der Waals surface area contributed by atoms with E-state index >= 15 is 0 Å². The standard InChI is InChI=1S/C21H20N2O4/c22-14-16-6-8-17(9-7-16)15-27-21(26)12-13-23-20(25)11-10-19(24)18-4-2-1-3-5-18/h1-9H,10-13,15H2,(H,23,25). The minimum absolute atomic E-state index is 0.0502. The van der Waals surface area contributed by atoms with Crippen molar-refractivity contribution in [3.8, 4) is 6.07 Å². The number of nitriles is 1. The van der Waals surface area contributed by atoms with Gasteiger partial charge in [0.15, 0.2) is 5.78 Å². The van der Waals surface area contributed by atoms with E-state index in [9.17, 15) is 14.4 Å². The van der Waals surface area contributed by atoms with E-state index in [0.717, 1.165) is 5.56 Å². The maximum Gasteiger partial charge on any atom is 0.307 e. The number of esters is 1. The van der Waals surface area contributed by atoms with E-state index in [1.807, 2.05) is 12.1 Å². The molecule has 0 fully saturated rings. The Balaban J connectivity index is 1.60. The normalized spacial score (nSPS) is 9.89. The van der Waals surface area contributed by atoms with Crippen molar-refractivity contribution in [2.24, 2.45) is 0 Å². The van der Waals surface area contributed by atoms with Crippen LogP contribution in [0, 0.1) is 11.3 Å². The zero-order valence-corrected chi connectivity index (χ0v) is 14.8. The number of amides is 1. The molecule has 138 valence electrons. The van der Waals surface area contributed by atoms with Gasteiger partial charge in [0, 0.05) is 24.9 Å². The fourth-order valence-electron chi connectivity index (χ4n) is 2.30. The first-order chi connectivity index (χ1) is 13.1. The van der Waals surface area contributed by atoms with Crippen LogP contribution in [0.25, 0.3) is 0 Å². The zero-order valence-electron chi connectivity index (χ0n) is 14.8. The number of carbonyl (C=O) groups is 3. The first-order valence-corrected chi connectivity index (χ1v) is 8.58. The lowest BCUT2D eigenvalue weighted by atomic mass is 10.1. The molecule has 0 aliphatic heterocycles. The Labute approximate surface area is 157 Å². The van der Waals surface area contributed by atoms with E-state index in [0.29, 0.717) is 11.1 Å². The largest absolute Gasteiger partial charge is 0.461 e. The highest BCUT2D eigenvalue weighted by Crippen LogP contribution is 2.06. The van der Waals surface area contributed by atoms with Crippen LogP contribution in [0.4, 0.5) is 0 Å². The van der Waals surface area contributed by atoms with Gasteiger partial charge in [-0.15, -0.1) is 0 Å². The molecule has 1 amide bonds. The monoisotopic (exact) mass is 364 g/mol. The lowest BCUT2D eigenvalue weighted by molar-refractivity contribution is -0.144. The third kappa shape index (κ3) is 7.12. The molecule has 0 heterocycles. The summed E-state index contributed by atoms with van der Waals surface area (Å²) in [6, 6.07) is 17.6.